The summed E-state index contributed by atoms with van der Waals surface area (Å²) in [6, 6.07) is 15.8. The van der Waals surface area contributed by atoms with Gasteiger partial charge in [0.1, 0.15) is 5.25 Å². The van der Waals surface area contributed by atoms with Crippen LogP contribution in [-0.4, -0.2) is 33.2 Å². The molecule has 1 aliphatic carbocycles. The molecule has 1 heterocycles. The van der Waals surface area contributed by atoms with E-state index >= 15 is 0 Å². The summed E-state index contributed by atoms with van der Waals surface area (Å²) in [5.74, 6) is -0.144. The van der Waals surface area contributed by atoms with Gasteiger partial charge in [0.05, 0.1) is 5.69 Å². The van der Waals surface area contributed by atoms with Crippen molar-refractivity contribution in [2.24, 2.45) is 4.99 Å². The Labute approximate surface area is 169 Å². The molecule has 0 spiro atoms. The predicted octanol–water partition coefficient (Wildman–Crippen LogP) is 4.43. The number of carbonyl (C=O) groups excluding carboxylic acids is 2. The van der Waals surface area contributed by atoms with Crippen LogP contribution in [0.25, 0.3) is 0 Å². The Bertz CT molecular complexity index is 938. The second kappa shape index (κ2) is 7.80. The van der Waals surface area contributed by atoms with Crippen LogP contribution in [-0.2, 0) is 9.59 Å². The molecule has 2 amide bonds. The fourth-order valence-electron chi connectivity index (χ4n) is 3.21. The molecular weight excluding hydrogens is 370 g/mol. The van der Waals surface area contributed by atoms with Crippen LogP contribution in [0.1, 0.15) is 30.4 Å². The maximum Gasteiger partial charge on any atom is 0.242 e. The quantitative estimate of drug-likeness (QED) is 0.818. The number of anilines is 1. The summed E-state index contributed by atoms with van der Waals surface area (Å²) in [5.41, 5.74) is 3.72. The maximum absolute atomic E-state index is 12.9. The summed E-state index contributed by atoms with van der Waals surface area (Å²) in [6.07, 6.45) is 2.15. The molecule has 1 atom stereocenters. The van der Waals surface area contributed by atoms with Crippen LogP contribution in [0.3, 0.4) is 0 Å². The molecule has 1 saturated carbocycles. The number of aryl methyl sites for hydroxylation is 2. The van der Waals surface area contributed by atoms with E-state index in [0.717, 1.165) is 35.3 Å². The van der Waals surface area contributed by atoms with Gasteiger partial charge in [-0.1, -0.05) is 42.1 Å². The monoisotopic (exact) mass is 393 g/mol. The van der Waals surface area contributed by atoms with E-state index in [0.29, 0.717) is 5.17 Å². The minimum Gasteiger partial charge on any atom is -0.326 e. The minimum atomic E-state index is -0.423. The van der Waals surface area contributed by atoms with Crippen LogP contribution in [0.2, 0.25) is 0 Å². The van der Waals surface area contributed by atoms with Crippen molar-refractivity contribution in [1.29, 1.82) is 0 Å². The van der Waals surface area contributed by atoms with E-state index in [4.69, 9.17) is 0 Å². The molecule has 5 nitrogen and oxygen atoms in total. The first-order valence-electron chi connectivity index (χ1n) is 9.52. The Morgan fingerprint density at radius 3 is 2.64 bits per heavy atom. The molecule has 2 aromatic carbocycles. The lowest BCUT2D eigenvalue weighted by molar-refractivity contribution is -0.128. The molecule has 2 fully saturated rings. The number of amidine groups is 1. The molecule has 0 aromatic heterocycles. The fraction of sp³-hybridized carbons (Fsp3) is 0.318. The maximum atomic E-state index is 12.9. The molecular formula is C22H23N3O2S. The number of hydrogen-bond acceptors (Lipinski definition) is 4. The average molecular weight is 394 g/mol. The Hall–Kier alpha value is -2.60. The first kappa shape index (κ1) is 18.7. The van der Waals surface area contributed by atoms with Crippen LogP contribution in [0, 0.1) is 13.8 Å². The van der Waals surface area contributed by atoms with Crippen LogP contribution >= 0.6 is 11.8 Å². The second-order valence-corrected chi connectivity index (χ2v) is 8.52. The van der Waals surface area contributed by atoms with Gasteiger partial charge in [0.15, 0.2) is 5.17 Å². The van der Waals surface area contributed by atoms with Gasteiger partial charge in [0.25, 0.3) is 0 Å². The van der Waals surface area contributed by atoms with Gasteiger partial charge in [-0.2, -0.15) is 0 Å². The third-order valence-electron chi connectivity index (χ3n) is 4.90. The predicted molar refractivity (Wildman–Crippen MR) is 114 cm³/mol. The van der Waals surface area contributed by atoms with Crippen molar-refractivity contribution in [3.8, 4) is 0 Å². The lowest BCUT2D eigenvalue weighted by atomic mass is 10.1. The molecule has 28 heavy (non-hydrogen) atoms. The number of para-hydroxylation sites is 1. The SMILES string of the molecule is Cc1ccc(C)c(NC(=O)CC2SC(=Nc3ccccc3)N(C3CC3)C2=O)c1. The van der Waals surface area contributed by atoms with Crippen LogP contribution < -0.4 is 5.32 Å². The van der Waals surface area contributed by atoms with Crippen molar-refractivity contribution >= 4 is 40.1 Å². The van der Waals surface area contributed by atoms with Crippen LogP contribution in [0.15, 0.2) is 53.5 Å². The van der Waals surface area contributed by atoms with E-state index in [-0.39, 0.29) is 24.3 Å². The van der Waals surface area contributed by atoms with Gasteiger partial charge in [0.2, 0.25) is 11.8 Å². The van der Waals surface area contributed by atoms with Gasteiger partial charge in [0, 0.05) is 18.2 Å². The third kappa shape index (κ3) is 4.12. The topological polar surface area (TPSA) is 61.8 Å². The zero-order valence-corrected chi connectivity index (χ0v) is 16.8. The van der Waals surface area contributed by atoms with Gasteiger partial charge in [-0.15, -0.1) is 0 Å². The minimum absolute atomic E-state index is 0.00158. The molecule has 4 rings (SSSR count). The van der Waals surface area contributed by atoms with Crippen LogP contribution in [0.5, 0.6) is 0 Å². The van der Waals surface area contributed by atoms with Gasteiger partial charge >= 0.3 is 0 Å². The molecule has 2 aliphatic rings. The average Bonchev–Trinajstić information content (AvgIpc) is 3.45. The van der Waals surface area contributed by atoms with Crippen molar-refractivity contribution in [1.82, 2.24) is 4.90 Å². The van der Waals surface area contributed by atoms with E-state index in [1.54, 1.807) is 4.90 Å². The zero-order chi connectivity index (χ0) is 19.7. The summed E-state index contributed by atoms with van der Waals surface area (Å²) in [5, 5.41) is 3.25. The summed E-state index contributed by atoms with van der Waals surface area (Å²) >= 11 is 1.40. The van der Waals surface area contributed by atoms with E-state index in [9.17, 15) is 9.59 Å². The third-order valence-corrected chi connectivity index (χ3v) is 6.05. The van der Waals surface area contributed by atoms with Crippen molar-refractivity contribution in [2.75, 3.05) is 5.32 Å². The number of aliphatic imine (C=N–C) groups is 1. The van der Waals surface area contributed by atoms with Crippen molar-refractivity contribution in [2.45, 2.75) is 44.4 Å². The number of nitrogens with zero attached hydrogens (tertiary/aromatic N) is 2. The highest BCUT2D eigenvalue weighted by Crippen LogP contribution is 2.39. The summed E-state index contributed by atoms with van der Waals surface area (Å²) in [6.45, 7) is 3.95. The van der Waals surface area contributed by atoms with E-state index in [1.165, 1.54) is 11.8 Å². The Kier molecular flexibility index (Phi) is 5.22. The van der Waals surface area contributed by atoms with Gasteiger partial charge < -0.3 is 5.32 Å². The molecule has 1 N–H and O–H groups in total. The zero-order valence-electron chi connectivity index (χ0n) is 16.0. The Morgan fingerprint density at radius 2 is 1.93 bits per heavy atom. The van der Waals surface area contributed by atoms with Gasteiger partial charge in [-0.25, -0.2) is 4.99 Å². The largest absolute Gasteiger partial charge is 0.326 e. The van der Waals surface area contributed by atoms with Crippen LogP contribution in [0.4, 0.5) is 11.4 Å². The lowest BCUT2D eigenvalue weighted by Crippen LogP contribution is -2.35. The summed E-state index contributed by atoms with van der Waals surface area (Å²) in [4.78, 5) is 32.0. The number of amides is 2. The number of rotatable bonds is 5. The number of nitrogens with one attached hydrogen (secondary N) is 1. The number of carbonyl (C=O) groups is 2. The number of benzene rings is 2. The highest BCUT2D eigenvalue weighted by molar-refractivity contribution is 8.15. The molecule has 6 heteroatoms. The second-order valence-electron chi connectivity index (χ2n) is 7.35. The molecule has 0 radical (unpaired) electrons. The molecule has 1 saturated heterocycles. The van der Waals surface area contributed by atoms with E-state index in [1.807, 2.05) is 62.4 Å². The molecule has 144 valence electrons. The molecule has 1 aliphatic heterocycles. The van der Waals surface area contributed by atoms with E-state index in [2.05, 4.69) is 10.3 Å². The van der Waals surface area contributed by atoms with Crippen molar-refractivity contribution in [3.05, 3.63) is 59.7 Å². The molecule has 2 aromatic rings. The standard InChI is InChI=1S/C22H23N3O2S/c1-14-8-9-15(2)18(12-14)24-20(26)13-19-21(27)25(17-10-11-17)22(28-19)23-16-6-4-3-5-7-16/h3-9,12,17,19H,10-11,13H2,1-2H3,(H,24,26). The summed E-state index contributed by atoms with van der Waals surface area (Å²) in [7, 11) is 0. The summed E-state index contributed by atoms with van der Waals surface area (Å²) < 4.78 is 0. The van der Waals surface area contributed by atoms with Gasteiger partial charge in [-0.05, 0) is 56.0 Å². The normalized spacial score (nSPS) is 20.6. The van der Waals surface area contributed by atoms with Crippen molar-refractivity contribution < 1.29 is 9.59 Å². The Balaban J connectivity index is 1.49. The fourth-order valence-corrected chi connectivity index (χ4v) is 4.43. The highest BCUT2D eigenvalue weighted by Gasteiger charge is 2.46. The smallest absolute Gasteiger partial charge is 0.242 e. The Morgan fingerprint density at radius 1 is 1.18 bits per heavy atom. The number of hydrogen-bond donors (Lipinski definition) is 1. The first-order chi connectivity index (χ1) is 13.5. The highest BCUT2D eigenvalue weighted by atomic mass is 32.2. The number of thioether (sulfide) groups is 1. The lowest BCUT2D eigenvalue weighted by Gasteiger charge is -2.15. The van der Waals surface area contributed by atoms with E-state index < -0.39 is 5.25 Å². The first-order valence-corrected chi connectivity index (χ1v) is 10.4. The van der Waals surface area contributed by atoms with Gasteiger partial charge in [-0.3, -0.25) is 14.5 Å². The molecule has 0 bridgehead atoms. The van der Waals surface area contributed by atoms with Crippen molar-refractivity contribution in [3.63, 3.8) is 0 Å². The molecule has 1 unspecified atom stereocenters.